The number of aryl methyl sites for hydroxylation is 1. The maximum atomic E-state index is 11.7. The van der Waals surface area contributed by atoms with Crippen LogP contribution in [0.5, 0.6) is 0 Å². The molecule has 28 heavy (non-hydrogen) atoms. The standard InChI is InChI=1S/C19H22N6O3/c1-2-14(17(20)27)24-15-9-22-16(18(21)28)19(25-15)23-12-5-3-11-8-13(26)6-4-10(11)7-12/h3,5,7,9,14H,2,4,6,8H2,1H3,(H2,20,27)(H2,21,28)(H2,23,24,25)/t14-/m1/s1. The van der Waals surface area contributed by atoms with Crippen LogP contribution in [-0.4, -0.2) is 33.6 Å². The third-order valence-corrected chi connectivity index (χ3v) is 4.61. The molecule has 1 heterocycles. The summed E-state index contributed by atoms with van der Waals surface area (Å²) in [6.07, 6.45) is 3.44. The second kappa shape index (κ2) is 8.03. The molecule has 1 aliphatic rings. The molecule has 3 rings (SSSR count). The molecule has 0 unspecified atom stereocenters. The molecule has 6 N–H and O–H groups in total. The van der Waals surface area contributed by atoms with E-state index < -0.39 is 17.9 Å². The number of rotatable bonds is 7. The molecule has 9 nitrogen and oxygen atoms in total. The number of Topliss-reactive ketones (excluding diaryl/α,β-unsaturated/α-hetero) is 1. The van der Waals surface area contributed by atoms with E-state index in [1.165, 1.54) is 6.20 Å². The molecule has 2 aromatic rings. The van der Waals surface area contributed by atoms with Crippen LogP contribution in [0.4, 0.5) is 17.3 Å². The Balaban J connectivity index is 1.89. The van der Waals surface area contributed by atoms with E-state index in [2.05, 4.69) is 20.6 Å². The molecular formula is C19H22N6O3. The fraction of sp³-hybridized carbons (Fsp3) is 0.316. The largest absolute Gasteiger partial charge is 0.368 e. The van der Waals surface area contributed by atoms with Crippen molar-refractivity contribution in [2.75, 3.05) is 10.6 Å². The number of hydrogen-bond donors (Lipinski definition) is 4. The maximum Gasteiger partial charge on any atom is 0.271 e. The highest BCUT2D eigenvalue weighted by molar-refractivity contribution is 5.96. The lowest BCUT2D eigenvalue weighted by Crippen LogP contribution is -2.35. The van der Waals surface area contributed by atoms with Crippen LogP contribution in [0, 0.1) is 0 Å². The highest BCUT2D eigenvalue weighted by Gasteiger charge is 2.19. The van der Waals surface area contributed by atoms with Crippen molar-refractivity contribution in [3.05, 3.63) is 41.2 Å². The Labute approximate surface area is 161 Å². The Bertz CT molecular complexity index is 943. The van der Waals surface area contributed by atoms with Crippen LogP contribution in [0.1, 0.15) is 41.4 Å². The first-order chi connectivity index (χ1) is 13.4. The molecule has 0 aliphatic heterocycles. The van der Waals surface area contributed by atoms with Gasteiger partial charge in [-0.3, -0.25) is 14.4 Å². The molecule has 0 saturated carbocycles. The molecule has 146 valence electrons. The number of hydrogen-bond acceptors (Lipinski definition) is 7. The summed E-state index contributed by atoms with van der Waals surface area (Å²) < 4.78 is 0. The number of aromatic nitrogens is 2. The molecule has 1 aromatic carbocycles. The van der Waals surface area contributed by atoms with Gasteiger partial charge in [-0.05, 0) is 36.1 Å². The Kier molecular flexibility index (Phi) is 5.53. The van der Waals surface area contributed by atoms with Crippen molar-refractivity contribution in [1.29, 1.82) is 0 Å². The minimum Gasteiger partial charge on any atom is -0.368 e. The molecule has 1 atom stereocenters. The van der Waals surface area contributed by atoms with Crippen LogP contribution >= 0.6 is 0 Å². The van der Waals surface area contributed by atoms with Crippen molar-refractivity contribution < 1.29 is 14.4 Å². The first-order valence-electron chi connectivity index (χ1n) is 9.00. The van der Waals surface area contributed by atoms with Crippen molar-refractivity contribution in [3.63, 3.8) is 0 Å². The number of ketones is 1. The quantitative estimate of drug-likeness (QED) is 0.558. The van der Waals surface area contributed by atoms with Crippen LogP contribution in [0.3, 0.4) is 0 Å². The van der Waals surface area contributed by atoms with Crippen LogP contribution < -0.4 is 22.1 Å². The number of amides is 2. The van der Waals surface area contributed by atoms with Crippen molar-refractivity contribution in [2.24, 2.45) is 11.5 Å². The number of nitrogens with two attached hydrogens (primary N) is 2. The Morgan fingerprint density at radius 2 is 2.00 bits per heavy atom. The monoisotopic (exact) mass is 382 g/mol. The first-order valence-corrected chi connectivity index (χ1v) is 9.00. The number of carbonyl (C=O) groups is 3. The van der Waals surface area contributed by atoms with Crippen molar-refractivity contribution in [1.82, 2.24) is 9.97 Å². The number of benzene rings is 1. The number of carbonyl (C=O) groups excluding carboxylic acids is 3. The molecule has 1 aliphatic carbocycles. The van der Waals surface area contributed by atoms with Crippen molar-refractivity contribution in [2.45, 2.75) is 38.6 Å². The maximum absolute atomic E-state index is 11.7. The second-order valence-corrected chi connectivity index (χ2v) is 6.65. The third-order valence-electron chi connectivity index (χ3n) is 4.61. The number of primary amides is 2. The lowest BCUT2D eigenvalue weighted by molar-refractivity contribution is -0.119. The highest BCUT2D eigenvalue weighted by Crippen LogP contribution is 2.26. The molecule has 0 radical (unpaired) electrons. The fourth-order valence-electron chi connectivity index (χ4n) is 3.10. The number of nitrogens with one attached hydrogen (secondary N) is 2. The zero-order valence-electron chi connectivity index (χ0n) is 15.5. The van der Waals surface area contributed by atoms with Gasteiger partial charge in [-0.1, -0.05) is 13.0 Å². The van der Waals surface area contributed by atoms with Gasteiger partial charge in [0.05, 0.1) is 6.20 Å². The van der Waals surface area contributed by atoms with E-state index in [4.69, 9.17) is 11.5 Å². The zero-order valence-corrected chi connectivity index (χ0v) is 15.5. The molecule has 2 amide bonds. The SMILES string of the molecule is CC[C@@H](Nc1cnc(C(N)=O)c(Nc2ccc3c(c2)CCC(=O)C3)n1)C(N)=O. The van der Waals surface area contributed by atoms with Gasteiger partial charge in [0, 0.05) is 18.5 Å². The Morgan fingerprint density at radius 3 is 2.68 bits per heavy atom. The third kappa shape index (κ3) is 4.25. The molecule has 0 bridgehead atoms. The summed E-state index contributed by atoms with van der Waals surface area (Å²) in [6, 6.07) is 5.01. The van der Waals surface area contributed by atoms with Gasteiger partial charge >= 0.3 is 0 Å². The zero-order chi connectivity index (χ0) is 20.3. The Hall–Kier alpha value is -3.49. The van der Waals surface area contributed by atoms with Crippen LogP contribution in [0.2, 0.25) is 0 Å². The normalized spacial score (nSPS) is 14.1. The minimum atomic E-state index is -0.730. The fourth-order valence-corrected chi connectivity index (χ4v) is 3.10. The average Bonchev–Trinajstić information content (AvgIpc) is 2.66. The lowest BCUT2D eigenvalue weighted by atomic mass is 9.90. The van der Waals surface area contributed by atoms with Crippen molar-refractivity contribution >= 4 is 34.9 Å². The van der Waals surface area contributed by atoms with Gasteiger partial charge in [0.15, 0.2) is 11.5 Å². The Morgan fingerprint density at radius 1 is 1.21 bits per heavy atom. The van der Waals surface area contributed by atoms with Gasteiger partial charge in [-0.15, -0.1) is 0 Å². The van der Waals surface area contributed by atoms with Crippen molar-refractivity contribution in [3.8, 4) is 0 Å². The van der Waals surface area contributed by atoms with E-state index in [1.807, 2.05) is 25.1 Å². The van der Waals surface area contributed by atoms with Gasteiger partial charge in [-0.2, -0.15) is 0 Å². The van der Waals surface area contributed by atoms with E-state index in [0.717, 1.165) is 11.1 Å². The molecule has 0 spiro atoms. The van der Waals surface area contributed by atoms with Gasteiger partial charge in [0.2, 0.25) is 5.91 Å². The minimum absolute atomic E-state index is 0.0226. The van der Waals surface area contributed by atoms with E-state index in [9.17, 15) is 14.4 Å². The summed E-state index contributed by atoms with van der Waals surface area (Å²) >= 11 is 0. The summed E-state index contributed by atoms with van der Waals surface area (Å²) in [5, 5.41) is 5.96. The van der Waals surface area contributed by atoms with Gasteiger partial charge in [0.1, 0.15) is 17.6 Å². The first kappa shape index (κ1) is 19.3. The van der Waals surface area contributed by atoms with Gasteiger partial charge in [-0.25, -0.2) is 9.97 Å². The predicted octanol–water partition coefficient (Wildman–Crippen LogP) is 1.05. The smallest absolute Gasteiger partial charge is 0.271 e. The highest BCUT2D eigenvalue weighted by atomic mass is 16.2. The summed E-state index contributed by atoms with van der Waals surface area (Å²) in [7, 11) is 0. The van der Waals surface area contributed by atoms with Crippen LogP contribution in [-0.2, 0) is 22.4 Å². The summed E-state index contributed by atoms with van der Waals surface area (Å²) in [4.78, 5) is 43.2. The number of nitrogens with zero attached hydrogens (tertiary/aromatic N) is 2. The molecule has 1 aromatic heterocycles. The molecule has 0 saturated heterocycles. The van der Waals surface area contributed by atoms with Gasteiger partial charge < -0.3 is 22.1 Å². The summed E-state index contributed by atoms with van der Waals surface area (Å²) in [5.74, 6) is -0.548. The lowest BCUT2D eigenvalue weighted by Gasteiger charge is -2.18. The van der Waals surface area contributed by atoms with Crippen LogP contribution in [0.15, 0.2) is 24.4 Å². The van der Waals surface area contributed by atoms with Gasteiger partial charge in [0.25, 0.3) is 5.91 Å². The van der Waals surface area contributed by atoms with Crippen LogP contribution in [0.25, 0.3) is 0 Å². The average molecular weight is 382 g/mol. The van der Waals surface area contributed by atoms with E-state index in [-0.39, 0.29) is 17.3 Å². The topological polar surface area (TPSA) is 153 Å². The van der Waals surface area contributed by atoms with E-state index in [1.54, 1.807) is 0 Å². The molecule has 0 fully saturated rings. The summed E-state index contributed by atoms with van der Waals surface area (Å²) in [6.45, 7) is 1.81. The second-order valence-electron chi connectivity index (χ2n) is 6.65. The number of fused-ring (bicyclic) bond motifs is 1. The van der Waals surface area contributed by atoms with E-state index >= 15 is 0 Å². The molecular weight excluding hydrogens is 360 g/mol. The summed E-state index contributed by atoms with van der Waals surface area (Å²) in [5.41, 5.74) is 13.5. The number of anilines is 3. The molecule has 9 heteroatoms. The predicted molar refractivity (Wildman–Crippen MR) is 104 cm³/mol. The van der Waals surface area contributed by atoms with E-state index in [0.29, 0.717) is 37.2 Å².